The van der Waals surface area contributed by atoms with Crippen LogP contribution in [0.1, 0.15) is 72.6 Å². The molecule has 1 spiro atoms. The average Bonchev–Trinajstić information content (AvgIpc) is 2.80. The summed E-state index contributed by atoms with van der Waals surface area (Å²) in [6.07, 6.45) is 6.17. The number of rotatable bonds is 0. The number of fused-ring (bicyclic) bond motifs is 2. The van der Waals surface area contributed by atoms with E-state index >= 15 is 0 Å². The zero-order valence-corrected chi connectivity index (χ0v) is 15.2. The molecule has 4 fully saturated rings. The summed E-state index contributed by atoms with van der Waals surface area (Å²) in [6.45, 7) is 8.75. The number of aliphatic hydroxyl groups is 3. The van der Waals surface area contributed by atoms with Gasteiger partial charge in [0.25, 0.3) is 0 Å². The first-order valence-corrected chi connectivity index (χ1v) is 9.63. The summed E-state index contributed by atoms with van der Waals surface area (Å²) in [5, 5.41) is 32.0. The van der Waals surface area contributed by atoms with Gasteiger partial charge >= 0.3 is 0 Å². The van der Waals surface area contributed by atoms with Gasteiger partial charge in [-0.1, -0.05) is 20.8 Å². The van der Waals surface area contributed by atoms with Crippen LogP contribution < -0.4 is 0 Å². The Morgan fingerprint density at radius 2 is 1.57 bits per heavy atom. The summed E-state index contributed by atoms with van der Waals surface area (Å²) in [4.78, 5) is 0. The van der Waals surface area contributed by atoms with Crippen LogP contribution >= 0.6 is 0 Å². The molecular formula is C20H34O3. The Kier molecular flexibility index (Phi) is 3.22. The summed E-state index contributed by atoms with van der Waals surface area (Å²) >= 11 is 0. The first kappa shape index (κ1) is 16.4. The van der Waals surface area contributed by atoms with E-state index in [1.807, 2.05) is 6.92 Å². The van der Waals surface area contributed by atoms with Crippen molar-refractivity contribution in [2.45, 2.75) is 90.4 Å². The molecule has 23 heavy (non-hydrogen) atoms. The van der Waals surface area contributed by atoms with Gasteiger partial charge in [0.2, 0.25) is 0 Å². The van der Waals surface area contributed by atoms with Gasteiger partial charge in [-0.2, -0.15) is 0 Å². The van der Waals surface area contributed by atoms with E-state index in [2.05, 4.69) is 20.8 Å². The van der Waals surface area contributed by atoms with E-state index in [0.717, 1.165) is 38.5 Å². The van der Waals surface area contributed by atoms with Crippen molar-refractivity contribution in [3.05, 3.63) is 0 Å². The maximum Gasteiger partial charge on any atom is 0.0852 e. The first-order valence-electron chi connectivity index (χ1n) is 9.63. The third-order valence-electron chi connectivity index (χ3n) is 9.29. The van der Waals surface area contributed by atoms with Crippen LogP contribution in [0.2, 0.25) is 0 Å². The molecule has 4 saturated carbocycles. The minimum Gasteiger partial charge on any atom is -0.390 e. The minimum absolute atomic E-state index is 0.0866. The number of aliphatic hydroxyl groups excluding tert-OH is 2. The predicted molar refractivity (Wildman–Crippen MR) is 89.7 cm³/mol. The molecule has 3 nitrogen and oxygen atoms in total. The van der Waals surface area contributed by atoms with E-state index in [-0.39, 0.29) is 16.2 Å². The average molecular weight is 322 g/mol. The van der Waals surface area contributed by atoms with Crippen molar-refractivity contribution in [1.82, 2.24) is 0 Å². The standard InChI is InChI=1S/C20H34O3/c1-17(2)15-6-5-12-9-13-10-20(12,8-7-19(13,4)23)18(15,3)11-14(21)16(17)22/h12-16,21-23H,5-11H2,1-4H3. The molecule has 0 heterocycles. The molecule has 0 aromatic carbocycles. The van der Waals surface area contributed by atoms with Crippen molar-refractivity contribution in [2.75, 3.05) is 0 Å². The van der Waals surface area contributed by atoms with Crippen LogP contribution in [0, 0.1) is 34.0 Å². The summed E-state index contributed by atoms with van der Waals surface area (Å²) in [7, 11) is 0. The van der Waals surface area contributed by atoms with Crippen LogP contribution in [0.4, 0.5) is 0 Å². The molecule has 0 aliphatic heterocycles. The molecule has 0 aromatic rings. The fourth-order valence-electron chi connectivity index (χ4n) is 7.92. The maximum atomic E-state index is 10.8. The molecule has 132 valence electrons. The van der Waals surface area contributed by atoms with Gasteiger partial charge in [0.15, 0.2) is 0 Å². The quantitative estimate of drug-likeness (QED) is 0.642. The van der Waals surface area contributed by atoms with Crippen molar-refractivity contribution in [2.24, 2.45) is 34.0 Å². The third kappa shape index (κ3) is 1.82. The molecule has 0 aromatic heterocycles. The molecule has 3 N–H and O–H groups in total. The highest BCUT2D eigenvalue weighted by atomic mass is 16.3. The van der Waals surface area contributed by atoms with Crippen molar-refractivity contribution < 1.29 is 15.3 Å². The molecule has 0 amide bonds. The van der Waals surface area contributed by atoms with E-state index in [4.69, 9.17) is 0 Å². The number of hydrogen-bond acceptors (Lipinski definition) is 3. The van der Waals surface area contributed by atoms with E-state index in [1.54, 1.807) is 0 Å². The Balaban J connectivity index is 1.78. The van der Waals surface area contributed by atoms with Gasteiger partial charge in [0, 0.05) is 0 Å². The zero-order chi connectivity index (χ0) is 16.8. The fourth-order valence-corrected chi connectivity index (χ4v) is 7.92. The number of hydrogen-bond donors (Lipinski definition) is 3. The summed E-state index contributed by atoms with van der Waals surface area (Å²) in [5.74, 6) is 1.58. The molecule has 0 radical (unpaired) electrons. The van der Waals surface area contributed by atoms with Crippen molar-refractivity contribution in [3.8, 4) is 0 Å². The minimum atomic E-state index is -0.613. The summed E-state index contributed by atoms with van der Waals surface area (Å²) in [6, 6.07) is 0. The van der Waals surface area contributed by atoms with Crippen LogP contribution in [0.5, 0.6) is 0 Å². The predicted octanol–water partition coefficient (Wildman–Crippen LogP) is 3.11. The topological polar surface area (TPSA) is 60.7 Å². The lowest BCUT2D eigenvalue weighted by atomic mass is 9.39. The van der Waals surface area contributed by atoms with Gasteiger partial charge in [-0.15, -0.1) is 0 Å². The molecule has 3 heteroatoms. The second kappa shape index (κ2) is 4.53. The van der Waals surface area contributed by atoms with Crippen LogP contribution in [-0.4, -0.2) is 33.1 Å². The molecule has 4 aliphatic carbocycles. The second-order valence-corrected chi connectivity index (χ2v) is 10.4. The second-order valence-electron chi connectivity index (χ2n) is 10.4. The molecule has 8 unspecified atom stereocenters. The fraction of sp³-hybridized carbons (Fsp3) is 1.00. The molecule has 4 rings (SSSR count). The van der Waals surface area contributed by atoms with Crippen molar-refractivity contribution >= 4 is 0 Å². The van der Waals surface area contributed by atoms with E-state index in [9.17, 15) is 15.3 Å². The molecule has 4 aliphatic rings. The molecule has 0 saturated heterocycles. The van der Waals surface area contributed by atoms with Gasteiger partial charge in [0.05, 0.1) is 17.8 Å². The lowest BCUT2D eigenvalue weighted by molar-refractivity contribution is -0.232. The van der Waals surface area contributed by atoms with Crippen molar-refractivity contribution in [3.63, 3.8) is 0 Å². The van der Waals surface area contributed by atoms with Gasteiger partial charge in [-0.05, 0) is 85.9 Å². The van der Waals surface area contributed by atoms with E-state index in [1.165, 1.54) is 6.42 Å². The normalized spacial score (nSPS) is 60.9. The van der Waals surface area contributed by atoms with Gasteiger partial charge < -0.3 is 15.3 Å². The molecule has 2 bridgehead atoms. The van der Waals surface area contributed by atoms with E-state index < -0.39 is 17.8 Å². The molecular weight excluding hydrogens is 288 g/mol. The third-order valence-corrected chi connectivity index (χ3v) is 9.29. The Morgan fingerprint density at radius 1 is 0.870 bits per heavy atom. The Labute approximate surface area is 140 Å². The van der Waals surface area contributed by atoms with Crippen LogP contribution in [0.15, 0.2) is 0 Å². The highest BCUT2D eigenvalue weighted by molar-refractivity contribution is 5.19. The van der Waals surface area contributed by atoms with Crippen LogP contribution in [0.25, 0.3) is 0 Å². The summed E-state index contributed by atoms with van der Waals surface area (Å²) in [5.41, 5.74) is -0.383. The highest BCUT2D eigenvalue weighted by Gasteiger charge is 2.70. The van der Waals surface area contributed by atoms with Crippen molar-refractivity contribution in [1.29, 1.82) is 0 Å². The largest absolute Gasteiger partial charge is 0.390 e. The monoisotopic (exact) mass is 322 g/mol. The summed E-state index contributed by atoms with van der Waals surface area (Å²) < 4.78 is 0. The zero-order valence-electron chi connectivity index (χ0n) is 15.2. The highest BCUT2D eigenvalue weighted by Crippen LogP contribution is 2.75. The Morgan fingerprint density at radius 3 is 2.26 bits per heavy atom. The van der Waals surface area contributed by atoms with E-state index in [0.29, 0.717) is 17.8 Å². The SMILES string of the molecule is CC1(O)CCC23CC1CC2CCC1C(C)(C)C(O)C(O)CC13C. The van der Waals surface area contributed by atoms with Gasteiger partial charge in [0.1, 0.15) is 0 Å². The first-order chi connectivity index (χ1) is 10.5. The van der Waals surface area contributed by atoms with Crippen LogP contribution in [-0.2, 0) is 0 Å². The molecule has 8 atom stereocenters. The Bertz CT molecular complexity index is 513. The van der Waals surface area contributed by atoms with Crippen LogP contribution in [0.3, 0.4) is 0 Å². The van der Waals surface area contributed by atoms with Gasteiger partial charge in [-0.25, -0.2) is 0 Å². The lowest BCUT2D eigenvalue weighted by Crippen LogP contribution is -2.64. The maximum absolute atomic E-state index is 10.8. The van der Waals surface area contributed by atoms with Gasteiger partial charge in [-0.3, -0.25) is 0 Å². The smallest absolute Gasteiger partial charge is 0.0852 e. The Hall–Kier alpha value is -0.120. The lowest BCUT2D eigenvalue weighted by Gasteiger charge is -2.67.